The van der Waals surface area contributed by atoms with Crippen LogP contribution in [0.1, 0.15) is 17.3 Å². The highest BCUT2D eigenvalue weighted by molar-refractivity contribution is 6.06. The molecule has 6 nitrogen and oxygen atoms in total. The van der Waals surface area contributed by atoms with Gasteiger partial charge < -0.3 is 10.6 Å². The van der Waals surface area contributed by atoms with Crippen molar-refractivity contribution in [1.29, 1.82) is 0 Å². The van der Waals surface area contributed by atoms with E-state index in [0.717, 1.165) is 33.0 Å². The molecule has 0 saturated carbocycles. The number of halogens is 1. The Morgan fingerprint density at radius 3 is 2.39 bits per heavy atom. The summed E-state index contributed by atoms with van der Waals surface area (Å²) >= 11 is 0. The summed E-state index contributed by atoms with van der Waals surface area (Å²) in [4.78, 5) is 18.7. The van der Waals surface area contributed by atoms with E-state index in [1.165, 1.54) is 11.8 Å². The first kappa shape index (κ1) is 19.2. The second-order valence-corrected chi connectivity index (χ2v) is 8.37. The highest BCUT2D eigenvalue weighted by Crippen LogP contribution is 2.34. The Morgan fingerprint density at radius 1 is 1.03 bits per heavy atom. The lowest BCUT2D eigenvalue weighted by Gasteiger charge is -2.42. The topological polar surface area (TPSA) is 77.0 Å². The van der Waals surface area contributed by atoms with Crippen molar-refractivity contribution in [2.45, 2.75) is 12.6 Å². The summed E-state index contributed by atoms with van der Waals surface area (Å²) in [5.74, 6) is 0.232. The van der Waals surface area contributed by atoms with Crippen molar-refractivity contribution in [3.63, 3.8) is 0 Å². The molecule has 31 heavy (non-hydrogen) atoms. The number of hydrogen-bond donors (Lipinski definition) is 1. The smallest absolute Gasteiger partial charge is 0.254 e. The summed E-state index contributed by atoms with van der Waals surface area (Å²) in [5, 5.41) is 5.84. The number of benzene rings is 2. The molecular formula is C24H22FN5O. The Morgan fingerprint density at radius 2 is 1.74 bits per heavy atom. The Bertz CT molecular complexity index is 1300. The largest absolute Gasteiger partial charge is 0.383 e. The van der Waals surface area contributed by atoms with Crippen molar-refractivity contribution in [3.8, 4) is 22.3 Å². The van der Waals surface area contributed by atoms with Gasteiger partial charge in [0.05, 0.1) is 19.3 Å². The van der Waals surface area contributed by atoms with Crippen molar-refractivity contribution in [2.75, 3.05) is 18.8 Å². The van der Waals surface area contributed by atoms with E-state index < -0.39 is 5.67 Å². The average molecular weight is 415 g/mol. The molecule has 0 atom stereocenters. The van der Waals surface area contributed by atoms with Crippen molar-refractivity contribution < 1.29 is 9.18 Å². The molecule has 1 aliphatic heterocycles. The Labute approximate surface area is 179 Å². The number of pyridine rings is 1. The van der Waals surface area contributed by atoms with Crippen molar-refractivity contribution in [3.05, 3.63) is 66.6 Å². The molecule has 5 rings (SSSR count). The molecule has 156 valence electrons. The third-order valence-corrected chi connectivity index (χ3v) is 5.73. The molecule has 4 aromatic rings. The van der Waals surface area contributed by atoms with E-state index in [1.54, 1.807) is 16.9 Å². The number of alkyl halides is 1. The molecule has 3 heterocycles. The molecular weight excluding hydrogens is 393 g/mol. The maximum Gasteiger partial charge on any atom is 0.254 e. The number of hydrogen-bond acceptors (Lipinski definition) is 4. The first-order valence-corrected chi connectivity index (χ1v) is 10.1. The normalized spacial score (nSPS) is 15.1. The molecule has 0 bridgehead atoms. The zero-order valence-corrected chi connectivity index (χ0v) is 17.3. The van der Waals surface area contributed by atoms with Gasteiger partial charge in [0.25, 0.3) is 5.91 Å². The number of carbonyl (C=O) groups excluding carboxylic acids is 1. The summed E-state index contributed by atoms with van der Waals surface area (Å²) in [5.41, 5.74) is 9.26. The third kappa shape index (κ3) is 3.42. The van der Waals surface area contributed by atoms with Crippen molar-refractivity contribution in [2.24, 2.45) is 7.05 Å². The summed E-state index contributed by atoms with van der Waals surface area (Å²) < 4.78 is 15.6. The van der Waals surface area contributed by atoms with Crippen LogP contribution in [0, 0.1) is 0 Å². The number of aromatic nitrogens is 3. The highest BCUT2D eigenvalue weighted by Gasteiger charge is 2.41. The van der Waals surface area contributed by atoms with Crippen LogP contribution in [0.25, 0.3) is 33.0 Å². The van der Waals surface area contributed by atoms with E-state index in [9.17, 15) is 9.18 Å². The first-order chi connectivity index (χ1) is 14.8. The fourth-order valence-electron chi connectivity index (χ4n) is 4.12. The van der Waals surface area contributed by atoms with E-state index in [0.29, 0.717) is 11.4 Å². The van der Waals surface area contributed by atoms with E-state index in [4.69, 9.17) is 5.73 Å². The fourth-order valence-corrected chi connectivity index (χ4v) is 4.12. The number of likely N-dealkylation sites (tertiary alicyclic amines) is 1. The quantitative estimate of drug-likeness (QED) is 0.547. The lowest BCUT2D eigenvalue weighted by molar-refractivity contribution is -0.00784. The summed E-state index contributed by atoms with van der Waals surface area (Å²) in [7, 11) is 1.89. The van der Waals surface area contributed by atoms with Gasteiger partial charge in [-0.3, -0.25) is 9.48 Å². The number of nitrogens with zero attached hydrogens (tertiary/aromatic N) is 4. The molecule has 2 N–H and O–H groups in total. The monoisotopic (exact) mass is 415 g/mol. The van der Waals surface area contributed by atoms with Gasteiger partial charge in [-0.15, -0.1) is 0 Å². The maximum atomic E-state index is 13.9. The standard InChI is InChI=1S/C24H22FN5O/c1-24(25)13-30(14-24)23(31)17-7-8-19-20(9-17)21(11-27-22(19)26)16-5-3-15(4-6-16)18-10-28-29(2)12-18/h3-12H,13-14H2,1-2H3,(H2,26,27). The van der Waals surface area contributed by atoms with E-state index >= 15 is 0 Å². The average Bonchev–Trinajstić information content (AvgIpc) is 3.18. The minimum absolute atomic E-state index is 0.116. The van der Waals surface area contributed by atoms with Crippen LogP contribution in [0.5, 0.6) is 0 Å². The van der Waals surface area contributed by atoms with Crippen molar-refractivity contribution in [1.82, 2.24) is 19.7 Å². The predicted molar refractivity (Wildman–Crippen MR) is 119 cm³/mol. The van der Waals surface area contributed by atoms with Crippen LogP contribution in [-0.2, 0) is 7.05 Å². The molecule has 1 fully saturated rings. The van der Waals surface area contributed by atoms with Gasteiger partial charge in [-0.2, -0.15) is 5.10 Å². The molecule has 1 saturated heterocycles. The SMILES string of the molecule is Cn1cc(-c2ccc(-c3cnc(N)c4ccc(C(=O)N5CC(C)(F)C5)cc34)cc2)cn1. The van der Waals surface area contributed by atoms with E-state index in [-0.39, 0.29) is 19.0 Å². The number of aryl methyl sites for hydroxylation is 1. The minimum atomic E-state index is -1.30. The Hall–Kier alpha value is -3.74. The molecule has 1 amide bonds. The lowest BCUT2D eigenvalue weighted by Crippen LogP contribution is -2.59. The number of nitrogen functional groups attached to an aromatic ring is 1. The zero-order valence-electron chi connectivity index (χ0n) is 17.3. The maximum absolute atomic E-state index is 13.9. The first-order valence-electron chi connectivity index (χ1n) is 10.1. The zero-order chi connectivity index (χ0) is 21.8. The van der Waals surface area contributed by atoms with Crippen LogP contribution in [0.15, 0.2) is 61.1 Å². The molecule has 7 heteroatoms. The van der Waals surface area contributed by atoms with Crippen LogP contribution in [0.3, 0.4) is 0 Å². The van der Waals surface area contributed by atoms with E-state index in [2.05, 4.69) is 10.1 Å². The molecule has 0 radical (unpaired) electrons. The molecule has 0 spiro atoms. The van der Waals surface area contributed by atoms with Crippen LogP contribution in [-0.4, -0.2) is 44.3 Å². The third-order valence-electron chi connectivity index (χ3n) is 5.73. The van der Waals surface area contributed by atoms with Gasteiger partial charge in [-0.05, 0) is 41.6 Å². The second-order valence-electron chi connectivity index (χ2n) is 8.37. The van der Waals surface area contributed by atoms with Gasteiger partial charge in [-0.1, -0.05) is 24.3 Å². The van der Waals surface area contributed by atoms with Gasteiger partial charge in [-0.25, -0.2) is 9.37 Å². The Balaban J connectivity index is 1.54. The van der Waals surface area contributed by atoms with Crippen LogP contribution >= 0.6 is 0 Å². The number of carbonyl (C=O) groups is 1. The lowest BCUT2D eigenvalue weighted by atomic mass is 9.95. The molecule has 1 aliphatic rings. The van der Waals surface area contributed by atoms with Crippen LogP contribution in [0.2, 0.25) is 0 Å². The van der Waals surface area contributed by atoms with Crippen molar-refractivity contribution >= 4 is 22.5 Å². The molecule has 2 aromatic heterocycles. The second kappa shape index (κ2) is 6.91. The molecule has 0 unspecified atom stereocenters. The van der Waals surface area contributed by atoms with Crippen LogP contribution < -0.4 is 5.73 Å². The van der Waals surface area contributed by atoms with Gasteiger partial charge in [0.2, 0.25) is 0 Å². The van der Waals surface area contributed by atoms with Gasteiger partial charge in [0, 0.05) is 41.5 Å². The summed E-state index contributed by atoms with van der Waals surface area (Å²) in [6.45, 7) is 1.74. The van der Waals surface area contributed by atoms with Crippen LogP contribution in [0.4, 0.5) is 10.2 Å². The minimum Gasteiger partial charge on any atom is -0.383 e. The number of rotatable bonds is 3. The predicted octanol–water partition coefficient (Wildman–Crippen LogP) is 4.07. The number of amides is 1. The number of anilines is 1. The van der Waals surface area contributed by atoms with Gasteiger partial charge in [0.15, 0.2) is 0 Å². The van der Waals surface area contributed by atoms with Gasteiger partial charge in [0.1, 0.15) is 11.5 Å². The molecule has 2 aromatic carbocycles. The summed E-state index contributed by atoms with van der Waals surface area (Å²) in [6, 6.07) is 13.5. The highest BCUT2D eigenvalue weighted by atomic mass is 19.1. The summed E-state index contributed by atoms with van der Waals surface area (Å²) in [6.07, 6.45) is 5.52. The number of nitrogens with two attached hydrogens (primary N) is 1. The van der Waals surface area contributed by atoms with E-state index in [1.807, 2.05) is 55.8 Å². The van der Waals surface area contributed by atoms with Gasteiger partial charge >= 0.3 is 0 Å². The molecule has 0 aliphatic carbocycles. The Kier molecular flexibility index (Phi) is 4.28. The fraction of sp³-hybridized carbons (Fsp3) is 0.208. The number of fused-ring (bicyclic) bond motifs is 1.